The normalized spacial score (nSPS) is 17.7. The number of thiophene rings is 1. The number of allylic oxidation sites excluding steroid dienone is 2. The van der Waals surface area contributed by atoms with Gasteiger partial charge in [-0.25, -0.2) is 9.36 Å². The summed E-state index contributed by atoms with van der Waals surface area (Å²) in [6, 6.07) is 4.12. The van der Waals surface area contributed by atoms with Crippen LogP contribution in [0.25, 0.3) is 16.7 Å². The van der Waals surface area contributed by atoms with E-state index in [-0.39, 0.29) is 5.97 Å². The lowest BCUT2D eigenvalue weighted by Crippen LogP contribution is -2.27. The van der Waals surface area contributed by atoms with Gasteiger partial charge in [0, 0.05) is 22.8 Å². The highest BCUT2D eigenvalue weighted by molar-refractivity contribution is 7.12. The molecule has 2 heterocycles. The van der Waals surface area contributed by atoms with Gasteiger partial charge in [0.05, 0.1) is 7.11 Å². The van der Waals surface area contributed by atoms with E-state index in [1.165, 1.54) is 36.0 Å². The minimum Gasteiger partial charge on any atom is -0.465 e. The summed E-state index contributed by atoms with van der Waals surface area (Å²) in [4.78, 5) is 12.7. The number of pyridine rings is 1. The second-order valence-corrected chi connectivity index (χ2v) is 7.12. The van der Waals surface area contributed by atoms with Gasteiger partial charge in [-0.3, -0.25) is 0 Å². The largest absolute Gasteiger partial charge is 0.465 e. The van der Waals surface area contributed by atoms with Crippen molar-refractivity contribution in [2.45, 2.75) is 26.2 Å². The molecule has 0 bridgehead atoms. The van der Waals surface area contributed by atoms with Crippen LogP contribution in [-0.4, -0.2) is 13.1 Å². The van der Waals surface area contributed by atoms with Gasteiger partial charge in [-0.1, -0.05) is 13.0 Å². The second kappa shape index (κ2) is 6.67. The van der Waals surface area contributed by atoms with Crippen molar-refractivity contribution in [3.8, 4) is 11.1 Å². The SMILES string of the molecule is COC(=O)c1sccc1-c1cc[n+](C)cc1C1=CCC(C)CC1. The number of ether oxygens (including phenoxy) is 1. The summed E-state index contributed by atoms with van der Waals surface area (Å²) in [5, 5.41) is 1.95. The standard InChI is InChI=1S/C19H22NO2S/c1-13-4-6-14(7-5-13)17-12-20(2)10-8-15(17)16-9-11-23-18(16)19(21)22-3/h6,8-13H,4-5,7H2,1-3H3/q+1. The van der Waals surface area contributed by atoms with Crippen molar-refractivity contribution < 1.29 is 14.1 Å². The van der Waals surface area contributed by atoms with Crippen LogP contribution < -0.4 is 4.57 Å². The number of rotatable bonds is 3. The molecule has 0 amide bonds. The zero-order chi connectivity index (χ0) is 16.4. The highest BCUT2D eigenvalue weighted by Gasteiger charge is 2.22. The lowest BCUT2D eigenvalue weighted by atomic mass is 9.85. The maximum absolute atomic E-state index is 12.0. The number of methoxy groups -OCH3 is 1. The summed E-state index contributed by atoms with van der Waals surface area (Å²) >= 11 is 1.44. The fourth-order valence-corrected chi connectivity index (χ4v) is 3.90. The molecule has 1 unspecified atom stereocenters. The molecule has 0 fully saturated rings. The molecule has 1 aliphatic carbocycles. The molecule has 1 atom stereocenters. The fourth-order valence-electron chi connectivity index (χ4n) is 3.07. The minimum atomic E-state index is -0.263. The first kappa shape index (κ1) is 15.9. The van der Waals surface area contributed by atoms with E-state index in [1.54, 1.807) is 0 Å². The maximum atomic E-state index is 12.0. The minimum absolute atomic E-state index is 0.263. The highest BCUT2D eigenvalue weighted by atomic mass is 32.1. The highest BCUT2D eigenvalue weighted by Crippen LogP contribution is 2.37. The van der Waals surface area contributed by atoms with E-state index in [2.05, 4.69) is 29.8 Å². The van der Waals surface area contributed by atoms with Gasteiger partial charge in [-0.2, -0.15) is 0 Å². The van der Waals surface area contributed by atoms with Crippen LogP contribution in [0.1, 0.15) is 41.4 Å². The van der Waals surface area contributed by atoms with Crippen LogP contribution >= 0.6 is 11.3 Å². The number of aryl methyl sites for hydroxylation is 1. The summed E-state index contributed by atoms with van der Waals surface area (Å²) in [7, 11) is 3.47. The van der Waals surface area contributed by atoms with Gasteiger partial charge in [0.2, 0.25) is 0 Å². The Balaban J connectivity index is 2.11. The predicted molar refractivity (Wildman–Crippen MR) is 93.3 cm³/mol. The third-order valence-corrected chi connectivity index (χ3v) is 5.34. The number of carbonyl (C=O) groups excluding carboxylic acids is 1. The molecule has 0 N–H and O–H groups in total. The molecule has 0 radical (unpaired) electrons. The summed E-state index contributed by atoms with van der Waals surface area (Å²) in [5.74, 6) is 0.492. The fraction of sp³-hybridized carbons (Fsp3) is 0.368. The molecule has 0 aliphatic heterocycles. The maximum Gasteiger partial charge on any atom is 0.348 e. The number of aromatic nitrogens is 1. The zero-order valence-electron chi connectivity index (χ0n) is 13.8. The van der Waals surface area contributed by atoms with Crippen molar-refractivity contribution in [3.63, 3.8) is 0 Å². The third kappa shape index (κ3) is 3.22. The van der Waals surface area contributed by atoms with Crippen molar-refractivity contribution in [1.82, 2.24) is 0 Å². The van der Waals surface area contributed by atoms with Crippen LogP contribution in [0.5, 0.6) is 0 Å². The lowest BCUT2D eigenvalue weighted by Gasteiger charge is -2.19. The first-order valence-corrected chi connectivity index (χ1v) is 8.83. The molecule has 1 aliphatic rings. The Morgan fingerprint density at radius 3 is 2.83 bits per heavy atom. The van der Waals surface area contributed by atoms with Gasteiger partial charge >= 0.3 is 5.97 Å². The first-order chi connectivity index (χ1) is 11.1. The van der Waals surface area contributed by atoms with Crippen LogP contribution in [0, 0.1) is 5.92 Å². The molecule has 3 nitrogen and oxygen atoms in total. The molecule has 2 aromatic heterocycles. The molecular weight excluding hydrogens is 306 g/mol. The molecule has 0 spiro atoms. The second-order valence-electron chi connectivity index (χ2n) is 6.20. The Kier molecular flexibility index (Phi) is 4.62. The van der Waals surface area contributed by atoms with Crippen LogP contribution in [0.2, 0.25) is 0 Å². The molecule has 0 aromatic carbocycles. The number of carbonyl (C=O) groups is 1. The molecule has 120 valence electrons. The number of hydrogen-bond acceptors (Lipinski definition) is 3. The summed E-state index contributed by atoms with van der Waals surface area (Å²) in [6.45, 7) is 2.30. The topological polar surface area (TPSA) is 30.2 Å². The van der Waals surface area contributed by atoms with Gasteiger partial charge < -0.3 is 4.74 Å². The summed E-state index contributed by atoms with van der Waals surface area (Å²) < 4.78 is 7.00. The monoisotopic (exact) mass is 328 g/mol. The van der Waals surface area contributed by atoms with E-state index >= 15 is 0 Å². The smallest absolute Gasteiger partial charge is 0.348 e. The third-order valence-electron chi connectivity index (χ3n) is 4.44. The number of hydrogen-bond donors (Lipinski definition) is 0. The van der Waals surface area contributed by atoms with Crippen LogP contribution in [-0.2, 0) is 11.8 Å². The Morgan fingerprint density at radius 2 is 2.13 bits per heavy atom. The van der Waals surface area contributed by atoms with E-state index < -0.39 is 0 Å². The van der Waals surface area contributed by atoms with Crippen LogP contribution in [0.15, 0.2) is 36.0 Å². The van der Waals surface area contributed by atoms with Crippen LogP contribution in [0.4, 0.5) is 0 Å². The van der Waals surface area contributed by atoms with Crippen molar-refractivity contribution in [2.75, 3.05) is 7.11 Å². The van der Waals surface area contributed by atoms with E-state index in [1.807, 2.05) is 24.7 Å². The van der Waals surface area contributed by atoms with Crippen molar-refractivity contribution in [2.24, 2.45) is 13.0 Å². The Labute approximate surface area is 141 Å². The molecule has 23 heavy (non-hydrogen) atoms. The lowest BCUT2D eigenvalue weighted by molar-refractivity contribution is -0.671. The average Bonchev–Trinajstić information content (AvgIpc) is 3.04. The van der Waals surface area contributed by atoms with Crippen molar-refractivity contribution in [1.29, 1.82) is 0 Å². The summed E-state index contributed by atoms with van der Waals surface area (Å²) in [6.07, 6.45) is 9.99. The molecule has 2 aromatic rings. The van der Waals surface area contributed by atoms with E-state index in [0.717, 1.165) is 29.9 Å². The molecule has 0 saturated heterocycles. The van der Waals surface area contributed by atoms with E-state index in [0.29, 0.717) is 4.88 Å². The van der Waals surface area contributed by atoms with Gasteiger partial charge in [-0.15, -0.1) is 11.3 Å². The van der Waals surface area contributed by atoms with Crippen molar-refractivity contribution >= 4 is 22.9 Å². The molecular formula is C19H22NO2S+. The average molecular weight is 328 g/mol. The first-order valence-electron chi connectivity index (χ1n) is 7.95. The Hall–Kier alpha value is -1.94. The van der Waals surface area contributed by atoms with Gasteiger partial charge in [0.1, 0.15) is 11.9 Å². The molecule has 4 heteroatoms. The predicted octanol–water partition coefficient (Wildman–Crippen LogP) is 4.23. The Bertz CT molecular complexity index is 760. The van der Waals surface area contributed by atoms with Gasteiger partial charge in [0.15, 0.2) is 12.4 Å². The quantitative estimate of drug-likeness (QED) is 0.623. The molecule has 3 rings (SSSR count). The molecule has 0 saturated carbocycles. The summed E-state index contributed by atoms with van der Waals surface area (Å²) in [5.41, 5.74) is 4.70. The van der Waals surface area contributed by atoms with Gasteiger partial charge in [0.25, 0.3) is 0 Å². The van der Waals surface area contributed by atoms with Crippen LogP contribution in [0.3, 0.4) is 0 Å². The van der Waals surface area contributed by atoms with Crippen molar-refractivity contribution in [3.05, 3.63) is 46.4 Å². The van der Waals surface area contributed by atoms with Gasteiger partial charge in [-0.05, 0) is 42.2 Å². The van der Waals surface area contributed by atoms with E-state index in [9.17, 15) is 4.79 Å². The zero-order valence-corrected chi connectivity index (χ0v) is 14.7. The number of nitrogens with zero attached hydrogens (tertiary/aromatic N) is 1. The van der Waals surface area contributed by atoms with E-state index in [4.69, 9.17) is 4.74 Å². The Morgan fingerprint density at radius 1 is 1.30 bits per heavy atom. The number of esters is 1.